The number of carbonyl (C=O) groups is 1. The van der Waals surface area contributed by atoms with E-state index in [0.717, 1.165) is 27.9 Å². The molecule has 0 bridgehead atoms. The molecule has 0 aliphatic heterocycles. The van der Waals surface area contributed by atoms with Crippen molar-refractivity contribution in [2.45, 2.75) is 44.8 Å². The van der Waals surface area contributed by atoms with Crippen LogP contribution in [0.25, 0.3) is 4.98 Å². The van der Waals surface area contributed by atoms with Crippen molar-refractivity contribution in [1.29, 1.82) is 5.39 Å². The SMILES string of the molecule is C=C(CCO[C@@H](C/C(O)=C/[N+]#N)C(=O)CO[Si](c1ccccc1)(c1ccccc1)C(C)(C)C)COc1ccc(OC)cc1. The molecule has 43 heavy (non-hydrogen) atoms. The molecule has 0 aliphatic carbocycles. The van der Waals surface area contributed by atoms with E-state index in [4.69, 9.17) is 24.0 Å². The minimum absolute atomic E-state index is 0.165. The fraction of sp³-hybridized carbons (Fsp3) is 0.324. The lowest BCUT2D eigenvalue weighted by Gasteiger charge is -2.43. The number of rotatable bonds is 16. The quantitative estimate of drug-likeness (QED) is 0.0904. The van der Waals surface area contributed by atoms with Crippen LogP contribution < -0.4 is 19.8 Å². The third kappa shape index (κ3) is 9.12. The van der Waals surface area contributed by atoms with Gasteiger partial charge in [-0.15, -0.1) is 0 Å². The van der Waals surface area contributed by atoms with Crippen molar-refractivity contribution in [2.24, 2.45) is 0 Å². The maximum absolute atomic E-state index is 13.6. The third-order valence-corrected chi connectivity index (χ3v) is 12.1. The molecule has 3 aromatic rings. The molecule has 9 heteroatoms. The smallest absolute Gasteiger partial charge is 0.387 e. The van der Waals surface area contributed by atoms with Crippen LogP contribution in [0.1, 0.15) is 33.6 Å². The Morgan fingerprint density at radius 3 is 2.02 bits per heavy atom. The summed E-state index contributed by atoms with van der Waals surface area (Å²) in [6.45, 7) is 10.7. The number of benzene rings is 3. The van der Waals surface area contributed by atoms with Gasteiger partial charge < -0.3 is 23.7 Å². The van der Waals surface area contributed by atoms with Crippen LogP contribution in [0.2, 0.25) is 5.04 Å². The van der Waals surface area contributed by atoms with E-state index in [1.165, 1.54) is 0 Å². The van der Waals surface area contributed by atoms with E-state index < -0.39 is 14.4 Å². The van der Waals surface area contributed by atoms with Crippen LogP contribution in [0.3, 0.4) is 0 Å². The largest absolute Gasteiger partial charge is 0.505 e. The number of methoxy groups -OCH3 is 1. The number of diazo groups is 1. The van der Waals surface area contributed by atoms with E-state index in [2.05, 4.69) is 56.6 Å². The van der Waals surface area contributed by atoms with Crippen LogP contribution in [0.4, 0.5) is 0 Å². The summed E-state index contributed by atoms with van der Waals surface area (Å²) in [4.78, 5) is 16.5. The molecule has 226 valence electrons. The molecule has 0 heterocycles. The number of hydrogen-bond acceptors (Lipinski definition) is 7. The Hall–Kier alpha value is -4.23. The molecule has 0 fully saturated rings. The van der Waals surface area contributed by atoms with E-state index in [-0.39, 0.29) is 42.8 Å². The second-order valence-electron chi connectivity index (χ2n) is 11.2. The minimum atomic E-state index is -2.96. The zero-order valence-corrected chi connectivity index (χ0v) is 26.4. The average Bonchev–Trinajstić information content (AvgIpc) is 3.00. The predicted octanol–water partition coefficient (Wildman–Crippen LogP) is 6.19. The first-order valence-electron chi connectivity index (χ1n) is 14.2. The van der Waals surface area contributed by atoms with Gasteiger partial charge in [0, 0.05) is 6.42 Å². The summed E-state index contributed by atoms with van der Waals surface area (Å²) in [5.74, 6) is 0.804. The molecule has 3 rings (SSSR count). The van der Waals surface area contributed by atoms with E-state index >= 15 is 0 Å². The van der Waals surface area contributed by atoms with E-state index in [1.54, 1.807) is 7.11 Å². The molecule has 3 aromatic carbocycles. The molecular weight excluding hydrogens is 560 g/mol. The number of ketones is 1. The normalized spacial score (nSPS) is 12.7. The van der Waals surface area contributed by atoms with E-state index in [9.17, 15) is 9.90 Å². The Labute approximate surface area is 255 Å². The van der Waals surface area contributed by atoms with Crippen LogP contribution >= 0.6 is 0 Å². The molecule has 0 saturated carbocycles. The molecule has 0 aromatic heterocycles. The first-order chi connectivity index (χ1) is 20.6. The standard InChI is InChI=1S/C34H40N2O6Si/c1-26(24-41-29-18-16-28(39-5)17-19-29)20-21-40-33(22-27(37)23-36-35)32(38)25-42-43(34(2,3)4,30-12-8-6-9-13-30)31-14-10-7-11-15-31/h6-19,23,33H,1,20-22,24-25H2,2-5H3/p+1/b27-23-/t33-/m0/s1. The Morgan fingerprint density at radius 2 is 1.51 bits per heavy atom. The Morgan fingerprint density at radius 1 is 0.953 bits per heavy atom. The van der Waals surface area contributed by atoms with Crippen LogP contribution in [0, 0.1) is 5.39 Å². The van der Waals surface area contributed by atoms with Gasteiger partial charge in [0.1, 0.15) is 24.2 Å². The molecule has 0 aliphatic rings. The molecule has 0 amide bonds. The number of hydrogen-bond donors (Lipinski definition) is 1. The minimum Gasteiger partial charge on any atom is -0.505 e. The van der Waals surface area contributed by atoms with E-state index in [1.807, 2.05) is 60.7 Å². The van der Waals surface area contributed by atoms with E-state index in [0.29, 0.717) is 12.2 Å². The highest BCUT2D eigenvalue weighted by molar-refractivity contribution is 6.99. The van der Waals surface area contributed by atoms with Gasteiger partial charge in [0.15, 0.2) is 16.5 Å². The highest BCUT2D eigenvalue weighted by atomic mass is 28.4. The zero-order valence-electron chi connectivity index (χ0n) is 25.4. The van der Waals surface area contributed by atoms with Gasteiger partial charge in [-0.2, -0.15) is 0 Å². The summed E-state index contributed by atoms with van der Waals surface area (Å²) in [7, 11) is -1.36. The fourth-order valence-electron chi connectivity index (χ4n) is 4.88. The molecule has 8 nitrogen and oxygen atoms in total. The van der Waals surface area contributed by atoms with Crippen molar-refractivity contribution in [3.8, 4) is 11.5 Å². The predicted molar refractivity (Wildman–Crippen MR) is 171 cm³/mol. The van der Waals surface area contributed by atoms with Crippen molar-refractivity contribution in [3.63, 3.8) is 0 Å². The lowest BCUT2D eigenvalue weighted by atomic mass is 10.1. The van der Waals surface area contributed by atoms with Gasteiger partial charge in [-0.25, -0.2) is 0 Å². The summed E-state index contributed by atoms with van der Waals surface area (Å²) in [6.07, 6.45) is 0.131. The number of aliphatic hydroxyl groups is 1. The number of carbonyl (C=O) groups excluding carboxylic acids is 1. The highest BCUT2D eigenvalue weighted by Crippen LogP contribution is 2.36. The fourth-order valence-corrected chi connectivity index (χ4v) is 9.40. The van der Waals surface area contributed by atoms with Gasteiger partial charge in [0.25, 0.3) is 8.32 Å². The van der Waals surface area contributed by atoms with Gasteiger partial charge >= 0.3 is 6.20 Å². The molecule has 0 saturated heterocycles. The van der Waals surface area contributed by atoms with Crippen LogP contribution in [0.5, 0.6) is 11.5 Å². The van der Waals surface area contributed by atoms with Crippen molar-refractivity contribution >= 4 is 24.5 Å². The molecule has 1 N–H and O–H groups in total. The Balaban J connectivity index is 1.73. The second kappa shape index (κ2) is 15.8. The highest BCUT2D eigenvalue weighted by Gasteiger charge is 2.50. The lowest BCUT2D eigenvalue weighted by Crippen LogP contribution is -2.67. The summed E-state index contributed by atoms with van der Waals surface area (Å²) in [6, 6.07) is 27.3. The topological polar surface area (TPSA) is 102 Å². The van der Waals surface area contributed by atoms with Crippen LogP contribution in [0.15, 0.2) is 109 Å². The Bertz CT molecular complexity index is 1360. The van der Waals surface area contributed by atoms with Crippen molar-refractivity contribution in [2.75, 3.05) is 26.9 Å². The van der Waals surface area contributed by atoms with Gasteiger partial charge in [-0.3, -0.25) is 4.79 Å². The van der Waals surface area contributed by atoms with Gasteiger partial charge in [-0.1, -0.05) is 88.0 Å². The number of aliphatic hydroxyl groups excluding tert-OH is 1. The maximum atomic E-state index is 13.6. The molecular formula is C34H41N2O6Si+. The third-order valence-electron chi connectivity index (χ3n) is 7.09. The first kappa shape index (κ1) is 33.3. The summed E-state index contributed by atoms with van der Waals surface area (Å²) >= 11 is 0. The monoisotopic (exact) mass is 601 g/mol. The van der Waals surface area contributed by atoms with Crippen LogP contribution in [-0.4, -0.2) is 52.2 Å². The summed E-state index contributed by atoms with van der Waals surface area (Å²) < 4.78 is 23.7. The number of Topliss-reactive ketones (excluding diaryl/α,β-unsaturated/α-hetero) is 1. The average molecular weight is 602 g/mol. The summed E-state index contributed by atoms with van der Waals surface area (Å²) in [5, 5.41) is 20.9. The van der Waals surface area contributed by atoms with Gasteiger partial charge in [0.05, 0.1) is 20.3 Å². The second-order valence-corrected chi connectivity index (χ2v) is 15.5. The lowest BCUT2D eigenvalue weighted by molar-refractivity contribution is -0.133. The maximum Gasteiger partial charge on any atom is 0.387 e. The van der Waals surface area contributed by atoms with Crippen LogP contribution in [-0.2, 0) is 14.0 Å². The van der Waals surface area contributed by atoms with Gasteiger partial charge in [-0.05, 0) is 51.7 Å². The zero-order chi connectivity index (χ0) is 31.3. The molecule has 1 atom stereocenters. The Kier molecular flexibility index (Phi) is 12.3. The first-order valence-corrected chi connectivity index (χ1v) is 16.1. The number of nitrogens with zero attached hydrogens (tertiary/aromatic N) is 2. The summed E-state index contributed by atoms with van der Waals surface area (Å²) in [5.41, 5.74) is 0.774. The number of ether oxygens (including phenoxy) is 3. The van der Waals surface area contributed by atoms with Crippen molar-refractivity contribution < 1.29 is 28.5 Å². The molecule has 0 radical (unpaired) electrons. The van der Waals surface area contributed by atoms with Crippen molar-refractivity contribution in [1.82, 2.24) is 0 Å². The molecule has 0 spiro atoms. The molecule has 0 unspecified atom stereocenters. The van der Waals surface area contributed by atoms with Crippen molar-refractivity contribution in [3.05, 3.63) is 114 Å². The van der Waals surface area contributed by atoms with Gasteiger partial charge in [0.2, 0.25) is 5.39 Å².